The predicted octanol–water partition coefficient (Wildman–Crippen LogP) is 2.36. The smallest absolute Gasteiger partial charge is 0.0900 e. The normalized spacial score (nSPS) is 28.7. The topological polar surface area (TPSA) is 32.7 Å². The van der Waals surface area contributed by atoms with E-state index in [9.17, 15) is 5.11 Å². The summed E-state index contributed by atoms with van der Waals surface area (Å²) in [5.74, 6) is 1.80. The summed E-state index contributed by atoms with van der Waals surface area (Å²) in [5, 5.41) is 12.1. The molecule has 4 heteroatoms. The Hall–Kier alpha value is -0.420. The second-order valence-electron chi connectivity index (χ2n) is 5.92. The SMILES string of the molecule is OC(COCc1cccs1)CN1CC2CCCC2C1. The molecule has 1 aliphatic carbocycles. The van der Waals surface area contributed by atoms with Crippen LogP contribution < -0.4 is 0 Å². The molecule has 0 amide bonds. The number of β-amino-alcohol motifs (C(OH)–C–C–N with tert-alkyl or cyclic N) is 1. The third-order valence-corrected chi connectivity index (χ3v) is 5.26. The van der Waals surface area contributed by atoms with Gasteiger partial charge in [0.2, 0.25) is 0 Å². The Morgan fingerprint density at radius 2 is 2.16 bits per heavy atom. The van der Waals surface area contributed by atoms with Gasteiger partial charge < -0.3 is 14.7 Å². The van der Waals surface area contributed by atoms with Gasteiger partial charge in [0, 0.05) is 24.5 Å². The summed E-state index contributed by atoms with van der Waals surface area (Å²) in [4.78, 5) is 3.65. The minimum absolute atomic E-state index is 0.348. The molecular weight excluding hydrogens is 258 g/mol. The number of fused-ring (bicyclic) bond motifs is 1. The van der Waals surface area contributed by atoms with Gasteiger partial charge in [0.1, 0.15) is 0 Å². The van der Waals surface area contributed by atoms with Crippen LogP contribution >= 0.6 is 11.3 Å². The van der Waals surface area contributed by atoms with Crippen LogP contribution in [0.5, 0.6) is 0 Å². The number of nitrogens with zero attached hydrogens (tertiary/aromatic N) is 1. The van der Waals surface area contributed by atoms with Crippen LogP contribution in [0.1, 0.15) is 24.1 Å². The van der Waals surface area contributed by atoms with Crippen molar-refractivity contribution in [3.8, 4) is 0 Å². The van der Waals surface area contributed by atoms with Gasteiger partial charge in [0.25, 0.3) is 0 Å². The van der Waals surface area contributed by atoms with Gasteiger partial charge in [0.05, 0.1) is 19.3 Å². The maximum absolute atomic E-state index is 10.0. The summed E-state index contributed by atoms with van der Waals surface area (Å²) in [7, 11) is 0. The Labute approximate surface area is 119 Å². The molecule has 0 spiro atoms. The molecule has 1 saturated carbocycles. The van der Waals surface area contributed by atoms with E-state index in [1.54, 1.807) is 11.3 Å². The third kappa shape index (κ3) is 3.57. The first-order valence-electron chi connectivity index (χ1n) is 7.32. The monoisotopic (exact) mass is 281 g/mol. The van der Waals surface area contributed by atoms with Gasteiger partial charge in [-0.2, -0.15) is 0 Å². The van der Waals surface area contributed by atoms with Crippen molar-refractivity contribution in [2.45, 2.75) is 32.0 Å². The summed E-state index contributed by atoms with van der Waals surface area (Å²) in [6.45, 7) is 4.22. The van der Waals surface area contributed by atoms with Crippen molar-refractivity contribution in [3.05, 3.63) is 22.4 Å². The second-order valence-corrected chi connectivity index (χ2v) is 6.95. The largest absolute Gasteiger partial charge is 0.389 e. The Bertz CT molecular complexity index is 370. The van der Waals surface area contributed by atoms with Crippen LogP contribution in [0.15, 0.2) is 17.5 Å². The van der Waals surface area contributed by atoms with Crippen LogP contribution in [0.25, 0.3) is 0 Å². The minimum atomic E-state index is -0.348. The van der Waals surface area contributed by atoms with Gasteiger partial charge in [-0.3, -0.25) is 0 Å². The molecule has 3 atom stereocenters. The van der Waals surface area contributed by atoms with E-state index < -0.39 is 0 Å². The lowest BCUT2D eigenvalue weighted by Gasteiger charge is -2.20. The van der Waals surface area contributed by atoms with Gasteiger partial charge in [-0.15, -0.1) is 11.3 Å². The van der Waals surface area contributed by atoms with Crippen molar-refractivity contribution in [3.63, 3.8) is 0 Å². The van der Waals surface area contributed by atoms with E-state index in [1.807, 2.05) is 6.07 Å². The van der Waals surface area contributed by atoms with Crippen LogP contribution in [0, 0.1) is 11.8 Å². The van der Waals surface area contributed by atoms with Gasteiger partial charge in [-0.1, -0.05) is 12.5 Å². The molecule has 3 unspecified atom stereocenters. The zero-order valence-electron chi connectivity index (χ0n) is 11.3. The Kier molecular flexibility index (Phi) is 4.53. The van der Waals surface area contributed by atoms with Crippen LogP contribution in [0.4, 0.5) is 0 Å². The van der Waals surface area contributed by atoms with Crippen molar-refractivity contribution in [1.29, 1.82) is 0 Å². The summed E-state index contributed by atoms with van der Waals surface area (Å²) in [6.07, 6.45) is 3.85. The number of rotatable bonds is 6. The van der Waals surface area contributed by atoms with E-state index in [2.05, 4.69) is 16.3 Å². The van der Waals surface area contributed by atoms with E-state index in [4.69, 9.17) is 4.74 Å². The molecule has 0 aromatic carbocycles. The Morgan fingerprint density at radius 3 is 2.84 bits per heavy atom. The summed E-state index contributed by atoms with van der Waals surface area (Å²) in [6, 6.07) is 4.10. The van der Waals surface area contributed by atoms with E-state index >= 15 is 0 Å². The van der Waals surface area contributed by atoms with Gasteiger partial charge in [0.15, 0.2) is 0 Å². The number of hydrogen-bond acceptors (Lipinski definition) is 4. The number of hydrogen-bond donors (Lipinski definition) is 1. The molecule has 1 aliphatic heterocycles. The summed E-state index contributed by atoms with van der Waals surface area (Å²) >= 11 is 1.70. The number of likely N-dealkylation sites (tertiary alicyclic amines) is 1. The fraction of sp³-hybridized carbons (Fsp3) is 0.733. The molecular formula is C15H23NO2S. The van der Waals surface area contributed by atoms with E-state index in [0.717, 1.165) is 18.4 Å². The van der Waals surface area contributed by atoms with Crippen LogP contribution in [-0.4, -0.2) is 42.4 Å². The molecule has 1 saturated heterocycles. The lowest BCUT2D eigenvalue weighted by atomic mass is 10.0. The van der Waals surface area contributed by atoms with Crippen molar-refractivity contribution in [2.75, 3.05) is 26.2 Å². The fourth-order valence-corrected chi connectivity index (χ4v) is 4.16. The van der Waals surface area contributed by atoms with E-state index in [-0.39, 0.29) is 6.10 Å². The molecule has 2 heterocycles. The first kappa shape index (κ1) is 13.6. The predicted molar refractivity (Wildman–Crippen MR) is 77.3 cm³/mol. The van der Waals surface area contributed by atoms with Gasteiger partial charge in [-0.25, -0.2) is 0 Å². The van der Waals surface area contributed by atoms with Crippen LogP contribution in [-0.2, 0) is 11.3 Å². The number of aliphatic hydroxyl groups excluding tert-OH is 1. The molecule has 3 nitrogen and oxygen atoms in total. The zero-order chi connectivity index (χ0) is 13.1. The molecule has 3 rings (SSSR count). The Morgan fingerprint density at radius 1 is 1.37 bits per heavy atom. The molecule has 0 radical (unpaired) electrons. The number of ether oxygens (including phenoxy) is 1. The molecule has 2 fully saturated rings. The zero-order valence-corrected chi connectivity index (χ0v) is 12.1. The third-order valence-electron chi connectivity index (χ3n) is 4.41. The molecule has 1 N–H and O–H groups in total. The maximum atomic E-state index is 10.0. The van der Waals surface area contributed by atoms with Gasteiger partial charge >= 0.3 is 0 Å². The molecule has 0 bridgehead atoms. The highest BCUT2D eigenvalue weighted by molar-refractivity contribution is 7.09. The molecule has 1 aromatic heterocycles. The van der Waals surface area contributed by atoms with Crippen molar-refractivity contribution >= 4 is 11.3 Å². The van der Waals surface area contributed by atoms with Crippen molar-refractivity contribution in [2.24, 2.45) is 11.8 Å². The second kappa shape index (κ2) is 6.35. The molecule has 2 aliphatic rings. The summed E-state index contributed by atoms with van der Waals surface area (Å²) in [5.41, 5.74) is 0. The highest BCUT2D eigenvalue weighted by Gasteiger charge is 2.36. The summed E-state index contributed by atoms with van der Waals surface area (Å²) < 4.78 is 5.58. The molecule has 1 aromatic rings. The minimum Gasteiger partial charge on any atom is -0.389 e. The molecule has 19 heavy (non-hydrogen) atoms. The number of aliphatic hydroxyl groups is 1. The highest BCUT2D eigenvalue weighted by Crippen LogP contribution is 2.37. The number of thiophene rings is 1. The Balaban J connectivity index is 1.34. The van der Waals surface area contributed by atoms with Crippen LogP contribution in [0.3, 0.4) is 0 Å². The van der Waals surface area contributed by atoms with E-state index in [1.165, 1.54) is 37.2 Å². The first-order chi connectivity index (χ1) is 9.31. The first-order valence-corrected chi connectivity index (χ1v) is 8.20. The fourth-order valence-electron chi connectivity index (χ4n) is 3.52. The van der Waals surface area contributed by atoms with Gasteiger partial charge in [-0.05, 0) is 36.1 Å². The molecule has 106 valence electrons. The maximum Gasteiger partial charge on any atom is 0.0900 e. The van der Waals surface area contributed by atoms with Crippen molar-refractivity contribution in [1.82, 2.24) is 4.90 Å². The van der Waals surface area contributed by atoms with Crippen LogP contribution in [0.2, 0.25) is 0 Å². The standard InChI is InChI=1S/C15H23NO2S/c17-14(10-18-11-15-5-2-6-19-15)9-16-7-12-3-1-4-13(12)8-16/h2,5-6,12-14,17H,1,3-4,7-11H2. The van der Waals surface area contributed by atoms with E-state index in [0.29, 0.717) is 13.2 Å². The average molecular weight is 281 g/mol. The highest BCUT2D eigenvalue weighted by atomic mass is 32.1. The quantitative estimate of drug-likeness (QED) is 0.869. The average Bonchev–Trinajstić information content (AvgIpc) is 3.04. The van der Waals surface area contributed by atoms with Crippen molar-refractivity contribution < 1.29 is 9.84 Å². The lowest BCUT2D eigenvalue weighted by Crippen LogP contribution is -2.34. The lowest BCUT2D eigenvalue weighted by molar-refractivity contribution is 0.0131.